The fourth-order valence-corrected chi connectivity index (χ4v) is 6.02. The summed E-state index contributed by atoms with van der Waals surface area (Å²) in [5, 5.41) is 0. The molecule has 0 aromatic carbocycles. The van der Waals surface area contributed by atoms with E-state index in [1.54, 1.807) is 0 Å². The summed E-state index contributed by atoms with van der Waals surface area (Å²) in [4.78, 5) is 0. The topological polar surface area (TPSA) is 9.23 Å². The van der Waals surface area contributed by atoms with Crippen LogP contribution in [0.25, 0.3) is 0 Å². The van der Waals surface area contributed by atoms with Gasteiger partial charge in [-0.25, -0.2) is 0 Å². The summed E-state index contributed by atoms with van der Waals surface area (Å²) >= 11 is -4.05. The van der Waals surface area contributed by atoms with Crippen LogP contribution in [-0.4, -0.2) is 54.6 Å². The van der Waals surface area contributed by atoms with E-state index < -0.39 is 67.1 Å². The van der Waals surface area contributed by atoms with Crippen LogP contribution < -0.4 is 0 Å². The molecule has 218 valence electrons. The van der Waals surface area contributed by atoms with Gasteiger partial charge >= 0.3 is 111 Å². The predicted molar refractivity (Wildman–Crippen MR) is 124 cm³/mol. The fourth-order valence-electron chi connectivity index (χ4n) is 3.06. The van der Waals surface area contributed by atoms with Gasteiger partial charge in [0, 0.05) is 13.2 Å². The summed E-state index contributed by atoms with van der Waals surface area (Å²) in [6.45, 7) is 6.51. The molecule has 0 aliphatic rings. The van der Waals surface area contributed by atoms with Gasteiger partial charge in [0.05, 0.1) is 0 Å². The van der Waals surface area contributed by atoms with Crippen molar-refractivity contribution in [3.63, 3.8) is 0 Å². The van der Waals surface area contributed by atoms with E-state index in [1.807, 2.05) is 0 Å². The quantitative estimate of drug-likeness (QED) is 0.0721. The van der Waals surface area contributed by atoms with Gasteiger partial charge in [0.15, 0.2) is 0 Å². The molecule has 0 bridgehead atoms. The Bertz CT molecular complexity index is 454. The monoisotopic (exact) mass is 656 g/mol. The Morgan fingerprint density at radius 1 is 0.444 bits per heavy atom. The zero-order valence-corrected chi connectivity index (χ0v) is 24.3. The van der Waals surface area contributed by atoms with Gasteiger partial charge < -0.3 is 4.74 Å². The van der Waals surface area contributed by atoms with Crippen LogP contribution in [0.1, 0.15) is 117 Å². The molecule has 0 spiro atoms. The molecule has 0 saturated carbocycles. The average molecular weight is 655 g/mol. The number of unbranched alkanes of at least 4 members (excludes halogenated alkanes) is 10. The molecule has 36 heavy (non-hydrogen) atoms. The summed E-state index contributed by atoms with van der Waals surface area (Å²) < 4.78 is 119. The van der Waals surface area contributed by atoms with Gasteiger partial charge in [-0.3, -0.25) is 0 Å². The van der Waals surface area contributed by atoms with Crippen LogP contribution in [0.2, 0.25) is 0 Å². The Labute approximate surface area is 219 Å². The summed E-state index contributed by atoms with van der Waals surface area (Å²) in [7, 11) is 0. The maximum atomic E-state index is 12.9. The van der Waals surface area contributed by atoms with E-state index in [0.29, 0.717) is 0 Å². The molecule has 0 aliphatic carbocycles. The molecule has 0 atom stereocenters. The van der Waals surface area contributed by atoms with E-state index in [-0.39, 0.29) is 0 Å². The van der Waals surface area contributed by atoms with E-state index >= 15 is 0 Å². The molecular formula is C24H42F10OSn. The van der Waals surface area contributed by atoms with E-state index in [9.17, 15) is 43.9 Å². The van der Waals surface area contributed by atoms with Gasteiger partial charge in [0.25, 0.3) is 0 Å². The molecule has 0 rings (SSSR count). The molecule has 0 amide bonds. The number of hydrogen-bond acceptors (Lipinski definition) is 1. The van der Waals surface area contributed by atoms with Crippen molar-refractivity contribution in [2.45, 2.75) is 137 Å². The summed E-state index contributed by atoms with van der Waals surface area (Å²) in [6, 6.07) is 0. The predicted octanol–water partition coefficient (Wildman–Crippen LogP) is 10.3. The normalized spacial score (nSPS) is 13.0. The number of halogens is 10. The summed E-state index contributed by atoms with van der Waals surface area (Å²) in [5.74, 6) is 0. The van der Waals surface area contributed by atoms with Crippen LogP contribution in [0, 0.1) is 0 Å². The number of rotatable bonds is 20. The van der Waals surface area contributed by atoms with Crippen molar-refractivity contribution in [1.29, 1.82) is 0 Å². The summed E-state index contributed by atoms with van der Waals surface area (Å²) in [6.07, 6.45) is -0.953. The van der Waals surface area contributed by atoms with Crippen LogP contribution in [-0.2, 0) is 4.74 Å². The standard InChI is InChI=1S/C16H34O.2C4H4F5.Sn/c1-3-5-7-9-11-13-15-17-16-14-12-10-8-6-4-2;2*5-3(6)1-2-4(7,8)9;/h3-16H2,1-2H3;2*1-2H2;. The van der Waals surface area contributed by atoms with Crippen molar-refractivity contribution >= 4 is 21.1 Å². The van der Waals surface area contributed by atoms with Crippen LogP contribution in [0.4, 0.5) is 43.9 Å². The van der Waals surface area contributed by atoms with Gasteiger partial charge in [0.1, 0.15) is 0 Å². The Balaban J connectivity index is 0. The van der Waals surface area contributed by atoms with Gasteiger partial charge in [0.2, 0.25) is 0 Å². The molecule has 1 nitrogen and oxygen atoms in total. The number of alkyl halides is 10. The second-order valence-corrected chi connectivity index (χ2v) is 13.8. The number of ether oxygens (including phenoxy) is 1. The van der Waals surface area contributed by atoms with Crippen molar-refractivity contribution in [2.75, 3.05) is 13.2 Å². The van der Waals surface area contributed by atoms with Crippen molar-refractivity contribution in [2.24, 2.45) is 0 Å². The van der Waals surface area contributed by atoms with Crippen LogP contribution >= 0.6 is 0 Å². The molecular weight excluding hydrogens is 613 g/mol. The molecule has 0 fully saturated rings. The van der Waals surface area contributed by atoms with Gasteiger partial charge in [-0.15, -0.1) is 0 Å². The first-order valence-electron chi connectivity index (χ1n) is 12.8. The minimum absolute atomic E-state index is 0.987. The van der Waals surface area contributed by atoms with Crippen molar-refractivity contribution < 1.29 is 48.6 Å². The molecule has 0 aromatic heterocycles. The van der Waals surface area contributed by atoms with Gasteiger partial charge in [-0.1, -0.05) is 78.1 Å². The number of hydrogen-bond donors (Lipinski definition) is 0. The van der Waals surface area contributed by atoms with Gasteiger partial charge in [-0.05, 0) is 12.8 Å². The molecule has 0 unspecified atom stereocenters. The Morgan fingerprint density at radius 3 is 1.06 bits per heavy atom. The van der Waals surface area contributed by atoms with E-state index in [2.05, 4.69) is 13.8 Å². The van der Waals surface area contributed by atoms with Crippen molar-refractivity contribution in [1.82, 2.24) is 0 Å². The third kappa shape index (κ3) is 32.1. The molecule has 2 radical (unpaired) electrons. The zero-order chi connectivity index (χ0) is 28.1. The summed E-state index contributed by atoms with van der Waals surface area (Å²) in [5.41, 5.74) is 0. The SMILES string of the molecule is CCCCCCCCOCCCCCCCC.FC(F)(F)CC[C](F)(F)[Sn][C](F)(F)CCC(F)(F)F. The Kier molecular flexibility index (Phi) is 22.2. The first-order chi connectivity index (χ1) is 16.5. The molecule has 0 aliphatic heterocycles. The molecule has 0 N–H and O–H groups in total. The van der Waals surface area contributed by atoms with Gasteiger partial charge in [-0.2, -0.15) is 0 Å². The Morgan fingerprint density at radius 2 is 0.750 bits per heavy atom. The minimum atomic E-state index is -4.91. The maximum absolute atomic E-state index is 12.9. The first kappa shape index (κ1) is 38.2. The fraction of sp³-hybridized carbons (Fsp3) is 1.00. The zero-order valence-electron chi connectivity index (χ0n) is 21.4. The van der Waals surface area contributed by atoms with E-state index in [1.165, 1.54) is 77.0 Å². The molecule has 0 saturated heterocycles. The van der Waals surface area contributed by atoms with Crippen LogP contribution in [0.15, 0.2) is 0 Å². The third-order valence-electron chi connectivity index (χ3n) is 5.10. The first-order valence-corrected chi connectivity index (χ1v) is 15.6. The third-order valence-corrected chi connectivity index (χ3v) is 8.61. The van der Waals surface area contributed by atoms with E-state index in [4.69, 9.17) is 4.74 Å². The molecule has 0 aromatic rings. The van der Waals surface area contributed by atoms with Crippen LogP contribution in [0.5, 0.6) is 0 Å². The van der Waals surface area contributed by atoms with Crippen LogP contribution in [0.3, 0.4) is 0 Å². The Hall–Kier alpha value is 0.0587. The second kappa shape index (κ2) is 21.0. The molecule has 12 heteroatoms. The van der Waals surface area contributed by atoms with E-state index in [0.717, 1.165) is 13.2 Å². The van der Waals surface area contributed by atoms with Crippen molar-refractivity contribution in [3.8, 4) is 0 Å². The molecule has 0 heterocycles. The van der Waals surface area contributed by atoms with Crippen molar-refractivity contribution in [3.05, 3.63) is 0 Å². The average Bonchev–Trinajstić information content (AvgIpc) is 2.73. The second-order valence-electron chi connectivity index (χ2n) is 8.91.